The Bertz CT molecular complexity index is 590. The molecular formula is C16H17Cl2NO2. The van der Waals surface area contributed by atoms with Crippen molar-refractivity contribution < 1.29 is 9.47 Å². The Morgan fingerprint density at radius 3 is 2.29 bits per heavy atom. The molecule has 2 rings (SSSR count). The fraction of sp³-hybridized carbons (Fsp3) is 0.250. The Labute approximate surface area is 134 Å². The van der Waals surface area contributed by atoms with Gasteiger partial charge in [0.1, 0.15) is 16.5 Å². The zero-order chi connectivity index (χ0) is 15.1. The molecule has 2 aromatic rings. The first-order chi connectivity index (χ1) is 10.2. The van der Waals surface area contributed by atoms with Gasteiger partial charge in [0.2, 0.25) is 0 Å². The van der Waals surface area contributed by atoms with E-state index in [2.05, 4.69) is 0 Å². The van der Waals surface area contributed by atoms with Gasteiger partial charge in [-0.25, -0.2) is 0 Å². The minimum atomic E-state index is 0.438. The van der Waals surface area contributed by atoms with E-state index in [9.17, 15) is 0 Å². The summed E-state index contributed by atoms with van der Waals surface area (Å²) >= 11 is 12.0. The summed E-state index contributed by atoms with van der Waals surface area (Å²) in [7, 11) is 0. The van der Waals surface area contributed by atoms with Crippen LogP contribution in [0.5, 0.6) is 11.5 Å². The van der Waals surface area contributed by atoms with E-state index in [1.54, 1.807) is 18.2 Å². The van der Waals surface area contributed by atoms with Crippen LogP contribution >= 0.6 is 23.2 Å². The molecule has 0 aromatic heterocycles. The second-order valence-electron chi connectivity index (χ2n) is 4.41. The smallest absolute Gasteiger partial charge is 0.139 e. The summed E-state index contributed by atoms with van der Waals surface area (Å²) in [5, 5.41) is 0.927. The molecular weight excluding hydrogens is 309 g/mol. The fourth-order valence-corrected chi connectivity index (χ4v) is 2.18. The molecule has 3 nitrogen and oxygen atoms in total. The highest BCUT2D eigenvalue weighted by atomic mass is 35.5. The molecule has 112 valence electrons. The number of benzene rings is 2. The summed E-state index contributed by atoms with van der Waals surface area (Å²) in [4.78, 5) is 0. The van der Waals surface area contributed by atoms with E-state index in [0.717, 1.165) is 17.7 Å². The van der Waals surface area contributed by atoms with Crippen LogP contribution in [0.1, 0.15) is 12.0 Å². The van der Waals surface area contributed by atoms with Crippen LogP contribution in [0.25, 0.3) is 0 Å². The standard InChI is InChI=1S/C16H17Cl2NO2/c17-13-6-3-8-15(16(13)18)21-10-4-9-20-14-7-2-1-5-12(14)11-19/h1-3,5-8H,4,9-11,19H2. The summed E-state index contributed by atoms with van der Waals surface area (Å²) in [5.74, 6) is 1.41. The van der Waals surface area contributed by atoms with Gasteiger partial charge in [0.15, 0.2) is 0 Å². The minimum Gasteiger partial charge on any atom is -0.493 e. The van der Waals surface area contributed by atoms with Gasteiger partial charge >= 0.3 is 0 Å². The highest BCUT2D eigenvalue weighted by Crippen LogP contribution is 2.31. The molecule has 21 heavy (non-hydrogen) atoms. The van der Waals surface area contributed by atoms with Gasteiger partial charge in [-0.15, -0.1) is 0 Å². The van der Waals surface area contributed by atoms with Crippen LogP contribution in [0.2, 0.25) is 10.0 Å². The molecule has 5 heteroatoms. The van der Waals surface area contributed by atoms with Crippen LogP contribution in [0, 0.1) is 0 Å². The van der Waals surface area contributed by atoms with Crippen molar-refractivity contribution in [3.05, 3.63) is 58.1 Å². The van der Waals surface area contributed by atoms with Gasteiger partial charge in [0, 0.05) is 18.5 Å². The summed E-state index contributed by atoms with van der Waals surface area (Å²) in [6.07, 6.45) is 0.738. The SMILES string of the molecule is NCc1ccccc1OCCCOc1cccc(Cl)c1Cl. The largest absolute Gasteiger partial charge is 0.493 e. The van der Waals surface area contributed by atoms with Gasteiger partial charge in [-0.05, 0) is 18.2 Å². The molecule has 0 fully saturated rings. The second-order valence-corrected chi connectivity index (χ2v) is 5.20. The topological polar surface area (TPSA) is 44.5 Å². The molecule has 0 heterocycles. The number of hydrogen-bond acceptors (Lipinski definition) is 3. The van der Waals surface area contributed by atoms with Crippen LogP contribution in [0.4, 0.5) is 0 Å². The highest BCUT2D eigenvalue weighted by molar-refractivity contribution is 6.42. The van der Waals surface area contributed by atoms with Gasteiger partial charge in [-0.3, -0.25) is 0 Å². The van der Waals surface area contributed by atoms with Gasteiger partial charge in [0.05, 0.1) is 18.2 Å². The Hall–Kier alpha value is -1.42. The van der Waals surface area contributed by atoms with Crippen molar-refractivity contribution in [2.45, 2.75) is 13.0 Å². The number of halogens is 2. The first-order valence-corrected chi connectivity index (χ1v) is 7.45. The second kappa shape index (κ2) is 8.13. The summed E-state index contributed by atoms with van der Waals surface area (Å²) in [6.45, 7) is 1.52. The average molecular weight is 326 g/mol. The third-order valence-electron chi connectivity index (χ3n) is 2.91. The molecule has 0 aliphatic heterocycles. The lowest BCUT2D eigenvalue weighted by Crippen LogP contribution is -2.07. The van der Waals surface area contributed by atoms with Crippen molar-refractivity contribution in [1.82, 2.24) is 0 Å². The van der Waals surface area contributed by atoms with Crippen molar-refractivity contribution in [2.75, 3.05) is 13.2 Å². The van der Waals surface area contributed by atoms with E-state index >= 15 is 0 Å². The molecule has 0 aliphatic rings. The van der Waals surface area contributed by atoms with Gasteiger partial charge in [0.25, 0.3) is 0 Å². The number of rotatable bonds is 7. The Morgan fingerprint density at radius 1 is 0.857 bits per heavy atom. The lowest BCUT2D eigenvalue weighted by Gasteiger charge is -2.11. The van der Waals surface area contributed by atoms with Gasteiger partial charge in [-0.2, -0.15) is 0 Å². The van der Waals surface area contributed by atoms with Crippen LogP contribution in [-0.2, 0) is 6.54 Å². The van der Waals surface area contributed by atoms with E-state index in [1.165, 1.54) is 0 Å². The Morgan fingerprint density at radius 2 is 1.52 bits per heavy atom. The van der Waals surface area contributed by atoms with Crippen molar-refractivity contribution in [3.8, 4) is 11.5 Å². The number of hydrogen-bond donors (Lipinski definition) is 1. The molecule has 0 amide bonds. The van der Waals surface area contributed by atoms with Crippen molar-refractivity contribution in [3.63, 3.8) is 0 Å². The molecule has 0 aliphatic carbocycles. The molecule has 0 bridgehead atoms. The molecule has 0 atom stereocenters. The average Bonchev–Trinajstić information content (AvgIpc) is 2.51. The minimum absolute atomic E-state index is 0.438. The number of ether oxygens (including phenoxy) is 2. The van der Waals surface area contributed by atoms with Crippen LogP contribution in [-0.4, -0.2) is 13.2 Å². The van der Waals surface area contributed by atoms with E-state index in [-0.39, 0.29) is 0 Å². The van der Waals surface area contributed by atoms with Crippen LogP contribution in [0.15, 0.2) is 42.5 Å². The van der Waals surface area contributed by atoms with Gasteiger partial charge in [-0.1, -0.05) is 47.5 Å². The Balaban J connectivity index is 1.76. The third kappa shape index (κ3) is 4.53. The molecule has 0 saturated carbocycles. The predicted molar refractivity (Wildman–Crippen MR) is 86.4 cm³/mol. The predicted octanol–water partition coefficient (Wildman–Crippen LogP) is 4.30. The van der Waals surface area contributed by atoms with Crippen molar-refractivity contribution >= 4 is 23.2 Å². The van der Waals surface area contributed by atoms with Crippen molar-refractivity contribution in [2.24, 2.45) is 5.73 Å². The molecule has 0 unspecified atom stereocenters. The summed E-state index contributed by atoms with van der Waals surface area (Å²) in [5.41, 5.74) is 6.65. The zero-order valence-corrected chi connectivity index (χ0v) is 13.0. The first-order valence-electron chi connectivity index (χ1n) is 6.70. The third-order valence-corrected chi connectivity index (χ3v) is 3.71. The lowest BCUT2D eigenvalue weighted by molar-refractivity contribution is 0.246. The maximum Gasteiger partial charge on any atom is 0.139 e. The van der Waals surface area contributed by atoms with Gasteiger partial charge < -0.3 is 15.2 Å². The van der Waals surface area contributed by atoms with E-state index < -0.39 is 0 Å². The van der Waals surface area contributed by atoms with Crippen LogP contribution in [0.3, 0.4) is 0 Å². The van der Waals surface area contributed by atoms with E-state index in [1.807, 2.05) is 24.3 Å². The maximum absolute atomic E-state index is 6.04. The quantitative estimate of drug-likeness (QED) is 0.772. The normalized spacial score (nSPS) is 10.4. The maximum atomic E-state index is 6.04. The zero-order valence-electron chi connectivity index (χ0n) is 11.5. The highest BCUT2D eigenvalue weighted by Gasteiger charge is 2.05. The number of para-hydroxylation sites is 1. The molecule has 0 spiro atoms. The molecule has 0 radical (unpaired) electrons. The monoisotopic (exact) mass is 325 g/mol. The summed E-state index contributed by atoms with van der Waals surface area (Å²) in [6, 6.07) is 13.1. The lowest BCUT2D eigenvalue weighted by atomic mass is 10.2. The summed E-state index contributed by atoms with van der Waals surface area (Å²) < 4.78 is 11.3. The molecule has 2 aromatic carbocycles. The first kappa shape index (κ1) is 16.0. The molecule has 2 N–H and O–H groups in total. The van der Waals surface area contributed by atoms with Crippen LogP contribution < -0.4 is 15.2 Å². The van der Waals surface area contributed by atoms with Crippen molar-refractivity contribution in [1.29, 1.82) is 0 Å². The Kier molecular flexibility index (Phi) is 6.18. The van der Waals surface area contributed by atoms with E-state index in [4.69, 9.17) is 38.4 Å². The number of nitrogens with two attached hydrogens (primary N) is 1. The molecule has 0 saturated heterocycles. The van der Waals surface area contributed by atoms with E-state index in [0.29, 0.717) is 35.6 Å². The fourth-order valence-electron chi connectivity index (χ4n) is 1.83.